The van der Waals surface area contributed by atoms with Gasteiger partial charge in [0.05, 0.1) is 28.8 Å². The van der Waals surface area contributed by atoms with E-state index < -0.39 is 21.5 Å². The van der Waals surface area contributed by atoms with Crippen LogP contribution in [0.2, 0.25) is 5.02 Å². The van der Waals surface area contributed by atoms with Crippen molar-refractivity contribution in [1.29, 1.82) is 0 Å². The number of benzene rings is 2. The molecular weight excluding hydrogens is 562 g/mol. The minimum Gasteiger partial charge on any atom is -0.490 e. The summed E-state index contributed by atoms with van der Waals surface area (Å²) in [6, 6.07) is 10.9. The third-order valence-corrected chi connectivity index (χ3v) is 10.6. The average molecular weight is 602 g/mol. The molecule has 10 heteroatoms. The molecule has 0 bridgehead atoms. The van der Waals surface area contributed by atoms with Crippen molar-refractivity contribution < 1.29 is 22.7 Å². The second kappa shape index (κ2) is 11.2. The summed E-state index contributed by atoms with van der Waals surface area (Å²) in [7, 11) is -2.45. The number of fused-ring (bicyclic) bond motifs is 3. The minimum atomic E-state index is -4.16. The van der Waals surface area contributed by atoms with Crippen LogP contribution in [0.15, 0.2) is 53.9 Å². The number of amides is 1. The van der Waals surface area contributed by atoms with Gasteiger partial charge in [-0.15, -0.1) is 6.58 Å². The van der Waals surface area contributed by atoms with Gasteiger partial charge in [0, 0.05) is 30.6 Å². The maximum absolute atomic E-state index is 13.3. The lowest BCUT2D eigenvalue weighted by molar-refractivity contribution is -0.123. The second-order valence-corrected chi connectivity index (χ2v) is 14.4. The molecule has 41 heavy (non-hydrogen) atoms. The van der Waals surface area contributed by atoms with E-state index in [4.69, 9.17) is 26.8 Å². The van der Waals surface area contributed by atoms with Gasteiger partial charge in [-0.2, -0.15) is 0 Å². The van der Waals surface area contributed by atoms with Crippen molar-refractivity contribution in [2.75, 3.05) is 31.7 Å². The first-order valence-electron chi connectivity index (χ1n) is 14.2. The van der Waals surface area contributed by atoms with Gasteiger partial charge in [-0.25, -0.2) is 13.1 Å². The first kappa shape index (κ1) is 29.9. The molecule has 2 aromatic carbocycles. The van der Waals surface area contributed by atoms with Crippen molar-refractivity contribution in [3.8, 4) is 5.75 Å². The Hall–Kier alpha value is -2.59. The zero-order valence-corrected chi connectivity index (χ0v) is 25.6. The van der Waals surface area contributed by atoms with E-state index in [9.17, 15) is 13.2 Å². The standard InChI is InChI=1S/C31H40ClN3O5S/c1-5-27(39-4)24-11-8-21(24)17-35-18-31(14-6-7-20-15-22(32)9-12-25(20)31)19-40-28-13-10-23(16-26(28)35)41(37,38)34-29(36)30(2,3)33/h5,9-10,12-13,15-16,21,24,27H,1,6-8,11,14,17-19,33H2,2-4H3,(H,34,36)/t21-,24+,27+,31-/m0/s1. The summed E-state index contributed by atoms with van der Waals surface area (Å²) in [5.74, 6) is 0.517. The maximum Gasteiger partial charge on any atom is 0.264 e. The fourth-order valence-corrected chi connectivity index (χ4v) is 7.89. The fourth-order valence-electron chi connectivity index (χ4n) is 6.56. The number of hydrogen-bond donors (Lipinski definition) is 2. The number of rotatable bonds is 8. The normalized spacial score (nSPS) is 24.8. The summed E-state index contributed by atoms with van der Waals surface area (Å²) < 4.78 is 40.9. The van der Waals surface area contributed by atoms with Gasteiger partial charge in [0.15, 0.2) is 0 Å². The number of anilines is 1. The molecule has 1 fully saturated rings. The molecule has 222 valence electrons. The summed E-state index contributed by atoms with van der Waals surface area (Å²) in [5.41, 5.74) is 7.39. The Labute approximate surface area is 248 Å². The van der Waals surface area contributed by atoms with Gasteiger partial charge >= 0.3 is 0 Å². The summed E-state index contributed by atoms with van der Waals surface area (Å²) in [5, 5.41) is 0.723. The molecule has 2 aromatic rings. The average Bonchev–Trinajstić information content (AvgIpc) is 3.05. The number of hydrogen-bond acceptors (Lipinski definition) is 7. The van der Waals surface area contributed by atoms with Crippen molar-refractivity contribution in [3.63, 3.8) is 0 Å². The van der Waals surface area contributed by atoms with Crippen molar-refractivity contribution in [1.82, 2.24) is 4.72 Å². The Morgan fingerprint density at radius 1 is 1.32 bits per heavy atom. The zero-order valence-electron chi connectivity index (χ0n) is 24.0. The Morgan fingerprint density at radius 3 is 2.76 bits per heavy atom. The molecule has 1 amide bonds. The van der Waals surface area contributed by atoms with E-state index in [2.05, 4.69) is 28.3 Å². The van der Waals surface area contributed by atoms with Gasteiger partial charge < -0.3 is 20.1 Å². The summed E-state index contributed by atoms with van der Waals surface area (Å²) in [4.78, 5) is 14.7. The zero-order chi connectivity index (χ0) is 29.6. The first-order chi connectivity index (χ1) is 19.4. The van der Waals surface area contributed by atoms with Crippen molar-refractivity contribution in [3.05, 3.63) is 65.2 Å². The third kappa shape index (κ3) is 5.87. The van der Waals surface area contributed by atoms with Crippen LogP contribution in [0.5, 0.6) is 5.75 Å². The number of halogens is 1. The minimum absolute atomic E-state index is 0.0137. The number of carbonyl (C=O) groups is 1. The predicted octanol–water partition coefficient (Wildman–Crippen LogP) is 4.58. The molecule has 0 saturated heterocycles. The monoisotopic (exact) mass is 601 g/mol. The van der Waals surface area contributed by atoms with E-state index in [1.54, 1.807) is 19.2 Å². The molecule has 1 saturated carbocycles. The fraction of sp³-hybridized carbons (Fsp3) is 0.516. The molecule has 0 aromatic heterocycles. The number of sulfonamides is 1. The van der Waals surface area contributed by atoms with Gasteiger partial charge in [0.1, 0.15) is 5.75 Å². The Kier molecular flexibility index (Phi) is 8.20. The topological polar surface area (TPSA) is 111 Å². The van der Waals surface area contributed by atoms with Crippen LogP contribution in [-0.2, 0) is 31.4 Å². The Bertz CT molecular complexity index is 1440. The molecule has 1 heterocycles. The van der Waals surface area contributed by atoms with Crippen LogP contribution in [0.4, 0.5) is 5.69 Å². The number of ether oxygens (including phenoxy) is 2. The Balaban J connectivity index is 1.55. The first-order valence-corrected chi connectivity index (χ1v) is 16.1. The van der Waals surface area contributed by atoms with Gasteiger partial charge in [-0.1, -0.05) is 23.7 Å². The van der Waals surface area contributed by atoms with E-state index in [-0.39, 0.29) is 16.4 Å². The lowest BCUT2D eigenvalue weighted by Gasteiger charge is -2.46. The number of methoxy groups -OCH3 is 1. The highest BCUT2D eigenvalue weighted by Gasteiger charge is 2.44. The van der Waals surface area contributed by atoms with Crippen LogP contribution < -0.4 is 20.1 Å². The van der Waals surface area contributed by atoms with E-state index >= 15 is 0 Å². The smallest absolute Gasteiger partial charge is 0.264 e. The third-order valence-electron chi connectivity index (χ3n) is 8.99. The van der Waals surface area contributed by atoms with Crippen LogP contribution in [0.25, 0.3) is 0 Å². The highest BCUT2D eigenvalue weighted by atomic mass is 35.5. The largest absolute Gasteiger partial charge is 0.490 e. The summed E-state index contributed by atoms with van der Waals surface area (Å²) in [6.45, 7) is 8.74. The molecule has 4 atom stereocenters. The highest BCUT2D eigenvalue weighted by molar-refractivity contribution is 7.90. The van der Waals surface area contributed by atoms with Gasteiger partial charge in [-0.3, -0.25) is 4.79 Å². The van der Waals surface area contributed by atoms with Crippen molar-refractivity contribution >= 4 is 33.2 Å². The lowest BCUT2D eigenvalue weighted by atomic mass is 9.68. The molecule has 2 aliphatic carbocycles. The number of nitrogens with two attached hydrogens (primary N) is 1. The second-order valence-electron chi connectivity index (χ2n) is 12.3. The quantitative estimate of drug-likeness (QED) is 0.426. The molecule has 0 unspecified atom stereocenters. The van der Waals surface area contributed by atoms with E-state index in [0.29, 0.717) is 43.0 Å². The molecule has 3 N–H and O–H groups in total. The molecule has 1 aliphatic heterocycles. The van der Waals surface area contributed by atoms with Gasteiger partial charge in [-0.05, 0) is 99.2 Å². The maximum atomic E-state index is 13.3. The molecule has 1 spiro atoms. The van der Waals surface area contributed by atoms with Crippen LogP contribution in [0.3, 0.4) is 0 Å². The van der Waals surface area contributed by atoms with E-state index in [0.717, 1.165) is 37.1 Å². The molecule has 3 aliphatic rings. The SMILES string of the molecule is C=C[C@@H](OC)[C@@H]1CC[C@H]1CN1C[C@@]2(CCCc3cc(Cl)ccc32)COc2ccc(S(=O)(=O)NC(=O)C(C)(C)N)cc21. The van der Waals surface area contributed by atoms with E-state index in [1.807, 2.05) is 12.1 Å². The van der Waals surface area contributed by atoms with E-state index in [1.165, 1.54) is 31.0 Å². The molecule has 8 nitrogen and oxygen atoms in total. The van der Waals surface area contributed by atoms with Crippen molar-refractivity contribution in [2.45, 2.75) is 67.9 Å². The summed E-state index contributed by atoms with van der Waals surface area (Å²) >= 11 is 6.37. The van der Waals surface area contributed by atoms with Crippen molar-refractivity contribution in [2.24, 2.45) is 17.6 Å². The highest BCUT2D eigenvalue weighted by Crippen LogP contribution is 2.47. The van der Waals surface area contributed by atoms with Gasteiger partial charge in [0.2, 0.25) is 0 Å². The Morgan fingerprint density at radius 2 is 2.10 bits per heavy atom. The number of nitrogens with one attached hydrogen (secondary N) is 1. The number of nitrogens with zero attached hydrogens (tertiary/aromatic N) is 1. The molecular formula is C31H40ClN3O5S. The molecule has 5 rings (SSSR count). The summed E-state index contributed by atoms with van der Waals surface area (Å²) in [6.07, 6.45) is 6.84. The van der Waals surface area contributed by atoms with Crippen LogP contribution in [0, 0.1) is 11.8 Å². The van der Waals surface area contributed by atoms with Crippen LogP contribution in [0.1, 0.15) is 50.7 Å². The predicted molar refractivity (Wildman–Crippen MR) is 161 cm³/mol. The molecule has 0 radical (unpaired) electrons. The number of aryl methyl sites for hydroxylation is 1. The van der Waals surface area contributed by atoms with Crippen LogP contribution in [-0.4, -0.2) is 52.8 Å². The van der Waals surface area contributed by atoms with Gasteiger partial charge in [0.25, 0.3) is 15.9 Å². The lowest BCUT2D eigenvalue weighted by Crippen LogP contribution is -2.50. The van der Waals surface area contributed by atoms with Crippen LogP contribution >= 0.6 is 11.6 Å². The number of carbonyl (C=O) groups excluding carboxylic acids is 1.